The number of benzene rings is 2. The fraction of sp³-hybridized carbons (Fsp3) is 0.409. The molecule has 2 aliphatic heterocycles. The van der Waals surface area contributed by atoms with Gasteiger partial charge in [-0.25, -0.2) is 12.7 Å². The molecule has 1 fully saturated rings. The summed E-state index contributed by atoms with van der Waals surface area (Å²) >= 11 is 3.37. The van der Waals surface area contributed by atoms with E-state index in [0.717, 1.165) is 35.1 Å². The molecule has 154 valence electrons. The number of carbonyl (C=O) groups excluding carboxylic acids is 1. The van der Waals surface area contributed by atoms with Crippen molar-refractivity contribution in [2.45, 2.75) is 31.4 Å². The van der Waals surface area contributed by atoms with Gasteiger partial charge in [-0.15, -0.1) is 0 Å². The van der Waals surface area contributed by atoms with Crippen LogP contribution in [-0.4, -0.2) is 38.3 Å². The summed E-state index contributed by atoms with van der Waals surface area (Å²) in [6, 6.07) is 15.5. The normalized spacial score (nSPS) is 18.4. The Kier molecular flexibility index (Phi) is 6.08. The summed E-state index contributed by atoms with van der Waals surface area (Å²) in [6.45, 7) is 1.56. The minimum absolute atomic E-state index is 0.00159. The first-order valence-corrected chi connectivity index (χ1v) is 12.5. The van der Waals surface area contributed by atoms with Crippen molar-refractivity contribution < 1.29 is 13.2 Å². The largest absolute Gasteiger partial charge is 0.312 e. The zero-order valence-corrected chi connectivity index (χ0v) is 18.7. The van der Waals surface area contributed by atoms with E-state index in [0.29, 0.717) is 25.9 Å². The van der Waals surface area contributed by atoms with Gasteiger partial charge in [-0.3, -0.25) is 4.79 Å². The van der Waals surface area contributed by atoms with Crippen molar-refractivity contribution in [1.29, 1.82) is 0 Å². The number of para-hydroxylation sites is 1. The maximum atomic E-state index is 13.1. The number of amides is 1. The third-order valence-corrected chi connectivity index (χ3v) is 8.21. The lowest BCUT2D eigenvalue weighted by Crippen LogP contribution is -2.46. The highest BCUT2D eigenvalue weighted by Crippen LogP contribution is 2.31. The highest BCUT2D eigenvalue weighted by Gasteiger charge is 2.34. The number of anilines is 1. The van der Waals surface area contributed by atoms with Crippen molar-refractivity contribution in [2.75, 3.05) is 24.5 Å². The number of fused-ring (bicyclic) bond motifs is 1. The molecule has 2 aromatic carbocycles. The second-order valence-corrected chi connectivity index (χ2v) is 10.7. The quantitative estimate of drug-likeness (QED) is 0.670. The van der Waals surface area contributed by atoms with Crippen LogP contribution >= 0.6 is 15.9 Å². The number of piperidine rings is 1. The standard InChI is InChI=1S/C22H25BrN2O3S/c23-20-9-7-17(8-10-20)16-29(27,28)24-14-11-19(12-15-24)22(26)25-13-3-5-18-4-1-2-6-21(18)25/h1-2,4,6-10,19H,3,5,11-16H2. The zero-order chi connectivity index (χ0) is 20.4. The van der Waals surface area contributed by atoms with Crippen LogP contribution in [0.1, 0.15) is 30.4 Å². The van der Waals surface area contributed by atoms with Crippen LogP contribution < -0.4 is 4.90 Å². The smallest absolute Gasteiger partial charge is 0.230 e. The molecule has 0 aliphatic carbocycles. The summed E-state index contributed by atoms with van der Waals surface area (Å²) < 4.78 is 28.1. The predicted molar refractivity (Wildman–Crippen MR) is 118 cm³/mol. The number of sulfonamides is 1. The first-order chi connectivity index (χ1) is 13.9. The Bertz CT molecular complexity index is 983. The third kappa shape index (κ3) is 4.57. The number of rotatable bonds is 4. The average molecular weight is 477 g/mol. The van der Waals surface area contributed by atoms with Crippen LogP contribution in [-0.2, 0) is 27.0 Å². The van der Waals surface area contributed by atoms with Crippen molar-refractivity contribution in [2.24, 2.45) is 5.92 Å². The minimum atomic E-state index is -3.38. The maximum absolute atomic E-state index is 13.1. The summed E-state index contributed by atoms with van der Waals surface area (Å²) in [5.41, 5.74) is 3.02. The molecular formula is C22H25BrN2O3S. The number of hydrogen-bond acceptors (Lipinski definition) is 3. The molecule has 2 aliphatic rings. The zero-order valence-electron chi connectivity index (χ0n) is 16.3. The van der Waals surface area contributed by atoms with Gasteiger partial charge in [0.15, 0.2) is 0 Å². The van der Waals surface area contributed by atoms with Crippen molar-refractivity contribution in [1.82, 2.24) is 4.31 Å². The van der Waals surface area contributed by atoms with E-state index in [-0.39, 0.29) is 17.6 Å². The molecule has 4 rings (SSSR count). The van der Waals surface area contributed by atoms with Gasteiger partial charge in [-0.1, -0.05) is 46.3 Å². The van der Waals surface area contributed by atoms with Crippen molar-refractivity contribution in [3.8, 4) is 0 Å². The molecule has 0 N–H and O–H groups in total. The second kappa shape index (κ2) is 8.58. The van der Waals surface area contributed by atoms with Crippen LogP contribution in [0.3, 0.4) is 0 Å². The summed E-state index contributed by atoms with van der Waals surface area (Å²) in [7, 11) is -3.38. The molecule has 5 nitrogen and oxygen atoms in total. The first-order valence-electron chi connectivity index (χ1n) is 10.1. The molecule has 2 heterocycles. The van der Waals surface area contributed by atoms with E-state index >= 15 is 0 Å². The van der Waals surface area contributed by atoms with Gasteiger partial charge in [0.25, 0.3) is 0 Å². The van der Waals surface area contributed by atoms with Gasteiger partial charge >= 0.3 is 0 Å². The Labute approximate surface area is 180 Å². The summed E-state index contributed by atoms with van der Waals surface area (Å²) in [5.74, 6) is 0.0284. The molecule has 0 unspecified atom stereocenters. The Morgan fingerprint density at radius 2 is 1.69 bits per heavy atom. The van der Waals surface area contributed by atoms with Gasteiger partial charge in [0.1, 0.15) is 0 Å². The molecule has 29 heavy (non-hydrogen) atoms. The average Bonchev–Trinajstić information content (AvgIpc) is 2.74. The molecule has 0 saturated carbocycles. The first kappa shape index (κ1) is 20.6. The minimum Gasteiger partial charge on any atom is -0.312 e. The highest BCUT2D eigenvalue weighted by molar-refractivity contribution is 9.10. The lowest BCUT2D eigenvalue weighted by atomic mass is 9.94. The van der Waals surface area contributed by atoms with Crippen LogP contribution in [0.4, 0.5) is 5.69 Å². The second-order valence-electron chi connectivity index (χ2n) is 7.78. The van der Waals surface area contributed by atoms with Gasteiger partial charge in [-0.05, 0) is 55.0 Å². The van der Waals surface area contributed by atoms with Gasteiger partial charge < -0.3 is 4.90 Å². The van der Waals surface area contributed by atoms with E-state index in [1.165, 1.54) is 5.56 Å². The van der Waals surface area contributed by atoms with E-state index in [4.69, 9.17) is 0 Å². The predicted octanol–water partition coefficient (Wildman–Crippen LogP) is 3.97. The maximum Gasteiger partial charge on any atom is 0.230 e. The molecule has 0 aromatic heterocycles. The van der Waals surface area contributed by atoms with Gasteiger partial charge in [-0.2, -0.15) is 0 Å². The van der Waals surface area contributed by atoms with E-state index in [2.05, 4.69) is 22.0 Å². The fourth-order valence-electron chi connectivity index (χ4n) is 4.25. The molecule has 1 amide bonds. The van der Waals surface area contributed by atoms with Crippen LogP contribution in [0.5, 0.6) is 0 Å². The number of hydrogen-bond donors (Lipinski definition) is 0. The van der Waals surface area contributed by atoms with Crippen molar-refractivity contribution >= 4 is 37.5 Å². The monoisotopic (exact) mass is 476 g/mol. The summed E-state index contributed by atoms with van der Waals surface area (Å²) in [6.07, 6.45) is 3.14. The van der Waals surface area contributed by atoms with Crippen LogP contribution in [0.2, 0.25) is 0 Å². The SMILES string of the molecule is O=C(C1CCN(S(=O)(=O)Cc2ccc(Br)cc2)CC1)N1CCCc2ccccc21. The van der Waals surface area contributed by atoms with Crippen molar-refractivity contribution in [3.05, 3.63) is 64.1 Å². The Hall–Kier alpha value is -1.70. The number of aryl methyl sites for hydroxylation is 1. The van der Waals surface area contributed by atoms with Gasteiger partial charge in [0, 0.05) is 35.7 Å². The number of halogens is 1. The fourth-order valence-corrected chi connectivity index (χ4v) is 6.07. The molecule has 0 bridgehead atoms. The summed E-state index contributed by atoms with van der Waals surface area (Å²) in [5, 5.41) is 0. The molecule has 1 saturated heterocycles. The van der Waals surface area contributed by atoms with Crippen LogP contribution in [0.25, 0.3) is 0 Å². The van der Waals surface area contributed by atoms with E-state index < -0.39 is 10.0 Å². The van der Waals surface area contributed by atoms with Crippen LogP contribution in [0, 0.1) is 5.92 Å². The highest BCUT2D eigenvalue weighted by atomic mass is 79.9. The Morgan fingerprint density at radius 1 is 1.00 bits per heavy atom. The topological polar surface area (TPSA) is 57.7 Å². The molecule has 7 heteroatoms. The van der Waals surface area contributed by atoms with Crippen LogP contribution in [0.15, 0.2) is 53.0 Å². The molecule has 0 atom stereocenters. The van der Waals surface area contributed by atoms with Gasteiger partial charge in [0.05, 0.1) is 5.75 Å². The molecular weight excluding hydrogens is 452 g/mol. The van der Waals surface area contributed by atoms with Crippen molar-refractivity contribution in [3.63, 3.8) is 0 Å². The van der Waals surface area contributed by atoms with E-state index in [9.17, 15) is 13.2 Å². The lowest BCUT2D eigenvalue weighted by molar-refractivity contribution is -0.123. The number of carbonyl (C=O) groups is 1. The van der Waals surface area contributed by atoms with E-state index in [1.807, 2.05) is 47.4 Å². The molecule has 2 aromatic rings. The third-order valence-electron chi connectivity index (χ3n) is 5.84. The summed E-state index contributed by atoms with van der Waals surface area (Å²) in [4.78, 5) is 15.1. The lowest BCUT2D eigenvalue weighted by Gasteiger charge is -2.36. The Morgan fingerprint density at radius 3 is 2.41 bits per heavy atom. The molecule has 0 spiro atoms. The van der Waals surface area contributed by atoms with E-state index in [1.54, 1.807) is 4.31 Å². The van der Waals surface area contributed by atoms with Gasteiger partial charge in [0.2, 0.25) is 15.9 Å². The number of nitrogens with zero attached hydrogens (tertiary/aromatic N) is 2. The molecule has 0 radical (unpaired) electrons. The Balaban J connectivity index is 1.39.